The molecule has 0 atom stereocenters. The van der Waals surface area contributed by atoms with Crippen LogP contribution in [0, 0.1) is 6.92 Å². The molecule has 0 aliphatic rings. The van der Waals surface area contributed by atoms with Crippen molar-refractivity contribution in [2.75, 3.05) is 7.11 Å². The van der Waals surface area contributed by atoms with Crippen molar-refractivity contribution in [2.24, 2.45) is 0 Å². The molecule has 1 aromatic heterocycles. The van der Waals surface area contributed by atoms with E-state index in [1.165, 1.54) is 23.0 Å². The van der Waals surface area contributed by atoms with Crippen LogP contribution >= 0.6 is 7.26 Å². The zero-order valence-corrected chi connectivity index (χ0v) is 18.0. The predicted molar refractivity (Wildman–Crippen MR) is 124 cm³/mol. The van der Waals surface area contributed by atoms with Gasteiger partial charge in [0.05, 0.1) is 13.4 Å². The summed E-state index contributed by atoms with van der Waals surface area (Å²) in [6.07, 6.45) is 2.25. The van der Waals surface area contributed by atoms with E-state index in [2.05, 4.69) is 72.8 Å². The number of rotatable bonds is 6. The van der Waals surface area contributed by atoms with Crippen LogP contribution in [0.3, 0.4) is 0 Å². The Kier molecular flexibility index (Phi) is 5.83. The van der Waals surface area contributed by atoms with Crippen LogP contribution in [0.1, 0.15) is 21.7 Å². The summed E-state index contributed by atoms with van der Waals surface area (Å²) >= 11 is 0. The molecular weight excluding hydrogens is 391 g/mol. The maximum atomic E-state index is 12.5. The van der Waals surface area contributed by atoms with Crippen molar-refractivity contribution in [1.29, 1.82) is 0 Å². The molecule has 0 aliphatic carbocycles. The number of furan rings is 1. The molecule has 150 valence electrons. The highest BCUT2D eigenvalue weighted by Gasteiger charge is 2.47. The second-order valence-corrected chi connectivity index (χ2v) is 10.7. The molecule has 0 saturated carbocycles. The van der Waals surface area contributed by atoms with E-state index in [1.54, 1.807) is 6.26 Å². The molecule has 0 spiro atoms. The number of hydrogen-bond donors (Lipinski definition) is 0. The number of aryl methyl sites for hydroxylation is 1. The minimum absolute atomic E-state index is 0.358. The molecule has 30 heavy (non-hydrogen) atoms. The first-order chi connectivity index (χ1) is 14.7. The highest BCUT2D eigenvalue weighted by Crippen LogP contribution is 2.58. The smallest absolute Gasteiger partial charge is 0.341 e. The Bertz CT molecular complexity index is 1020. The summed E-state index contributed by atoms with van der Waals surface area (Å²) in [5.41, 5.74) is 1.33. The molecule has 0 unspecified atom stereocenters. The third-order valence-electron chi connectivity index (χ3n) is 5.41. The van der Waals surface area contributed by atoms with E-state index in [4.69, 9.17) is 9.15 Å². The average Bonchev–Trinajstić information content (AvgIpc) is 3.18. The molecule has 4 heteroatoms. The molecule has 0 N–H and O–H groups in total. The first kappa shape index (κ1) is 20.1. The zero-order chi connectivity index (χ0) is 21.0. The summed E-state index contributed by atoms with van der Waals surface area (Å²) in [5.74, 6) is 0.313. The van der Waals surface area contributed by atoms with Crippen LogP contribution in [-0.2, 0) is 10.9 Å². The molecule has 0 aliphatic heterocycles. The standard InChI is InChI=1S/C26H24O3P/c1-20-18-29-24(25(20)26(27)28-2)19-30(21-12-6-3-7-13-21,22-14-8-4-9-15-22)23-16-10-5-11-17-23/h3-18H,19H2,1-2H3/q+1. The summed E-state index contributed by atoms with van der Waals surface area (Å²) in [4.78, 5) is 12.5. The van der Waals surface area contributed by atoms with Gasteiger partial charge in [-0.2, -0.15) is 0 Å². The molecule has 4 aromatic rings. The quantitative estimate of drug-likeness (QED) is 0.333. The predicted octanol–water partition coefficient (Wildman–Crippen LogP) is 4.87. The van der Waals surface area contributed by atoms with Crippen molar-refractivity contribution < 1.29 is 13.9 Å². The number of carbonyl (C=O) groups is 1. The van der Waals surface area contributed by atoms with E-state index >= 15 is 0 Å². The number of esters is 1. The lowest BCUT2D eigenvalue weighted by Gasteiger charge is -2.27. The minimum Gasteiger partial charge on any atom is -0.465 e. The van der Waals surface area contributed by atoms with E-state index in [0.29, 0.717) is 17.5 Å². The monoisotopic (exact) mass is 415 g/mol. The highest BCUT2D eigenvalue weighted by molar-refractivity contribution is 7.95. The van der Waals surface area contributed by atoms with Gasteiger partial charge >= 0.3 is 5.97 Å². The van der Waals surface area contributed by atoms with Gasteiger partial charge in [-0.3, -0.25) is 0 Å². The molecule has 0 radical (unpaired) electrons. The van der Waals surface area contributed by atoms with Crippen LogP contribution in [0.2, 0.25) is 0 Å². The Hall–Kier alpha value is -3.16. The fourth-order valence-corrected chi connectivity index (χ4v) is 8.12. The number of methoxy groups -OCH3 is 1. The third kappa shape index (κ3) is 3.58. The first-order valence-electron chi connectivity index (χ1n) is 9.87. The van der Waals surface area contributed by atoms with Gasteiger partial charge in [0.2, 0.25) is 0 Å². The lowest BCUT2D eigenvalue weighted by atomic mass is 10.2. The van der Waals surface area contributed by atoms with Crippen LogP contribution in [0.15, 0.2) is 102 Å². The van der Waals surface area contributed by atoms with Crippen molar-refractivity contribution >= 4 is 29.1 Å². The maximum absolute atomic E-state index is 12.5. The number of hydrogen-bond acceptors (Lipinski definition) is 3. The van der Waals surface area contributed by atoms with Gasteiger partial charge in [-0.05, 0) is 43.3 Å². The van der Waals surface area contributed by atoms with E-state index in [1.807, 2.05) is 25.1 Å². The molecular formula is C26H24O3P+. The largest absolute Gasteiger partial charge is 0.465 e. The average molecular weight is 415 g/mol. The summed E-state index contributed by atoms with van der Waals surface area (Å²) < 4.78 is 11.0. The first-order valence-corrected chi connectivity index (χ1v) is 11.8. The van der Waals surface area contributed by atoms with Crippen LogP contribution in [0.4, 0.5) is 0 Å². The summed E-state index contributed by atoms with van der Waals surface area (Å²) in [5, 5.41) is 3.73. The van der Waals surface area contributed by atoms with Crippen molar-refractivity contribution in [3.8, 4) is 0 Å². The lowest BCUT2D eigenvalue weighted by Crippen LogP contribution is -2.32. The van der Waals surface area contributed by atoms with E-state index in [0.717, 1.165) is 5.56 Å². The second-order valence-electron chi connectivity index (χ2n) is 7.18. The number of ether oxygens (including phenoxy) is 1. The van der Waals surface area contributed by atoms with Gasteiger partial charge in [-0.1, -0.05) is 54.6 Å². The van der Waals surface area contributed by atoms with Crippen LogP contribution in [0.25, 0.3) is 0 Å². The van der Waals surface area contributed by atoms with Crippen molar-refractivity contribution in [3.63, 3.8) is 0 Å². The highest BCUT2D eigenvalue weighted by atomic mass is 31.2. The Labute approximate surface area is 177 Å². The summed E-state index contributed by atoms with van der Waals surface area (Å²) in [7, 11) is -0.731. The minimum atomic E-state index is -2.14. The molecule has 1 heterocycles. The van der Waals surface area contributed by atoms with Crippen LogP contribution in [0.5, 0.6) is 0 Å². The fourth-order valence-electron chi connectivity index (χ4n) is 3.97. The molecule has 3 aromatic carbocycles. The van der Waals surface area contributed by atoms with Gasteiger partial charge in [-0.25, -0.2) is 4.79 Å². The topological polar surface area (TPSA) is 39.4 Å². The van der Waals surface area contributed by atoms with Crippen LogP contribution in [-0.4, -0.2) is 13.1 Å². The van der Waals surface area contributed by atoms with Gasteiger partial charge in [-0.15, -0.1) is 0 Å². The molecule has 0 amide bonds. The SMILES string of the molecule is COC(=O)c1c(C)coc1C[P+](c1ccccc1)(c1ccccc1)c1ccccc1. The number of carbonyl (C=O) groups excluding carboxylic acids is 1. The van der Waals surface area contributed by atoms with E-state index < -0.39 is 7.26 Å². The van der Waals surface area contributed by atoms with Gasteiger partial charge in [0, 0.05) is 5.56 Å². The fraction of sp³-hybridized carbons (Fsp3) is 0.115. The van der Waals surface area contributed by atoms with Crippen molar-refractivity contribution in [1.82, 2.24) is 0 Å². The molecule has 0 fully saturated rings. The van der Waals surface area contributed by atoms with Crippen molar-refractivity contribution in [3.05, 3.63) is 114 Å². The molecule has 3 nitrogen and oxygen atoms in total. The molecule has 0 saturated heterocycles. The Morgan fingerprint density at radius 3 is 1.63 bits per heavy atom. The van der Waals surface area contributed by atoms with Gasteiger partial charge in [0.1, 0.15) is 34.9 Å². The van der Waals surface area contributed by atoms with Crippen molar-refractivity contribution in [2.45, 2.75) is 13.1 Å². The normalized spacial score (nSPS) is 11.3. The van der Waals surface area contributed by atoms with E-state index in [9.17, 15) is 4.79 Å². The summed E-state index contributed by atoms with van der Waals surface area (Å²) in [6.45, 7) is 1.88. The Balaban J connectivity index is 2.01. The maximum Gasteiger partial charge on any atom is 0.341 e. The summed E-state index contributed by atoms with van der Waals surface area (Å²) in [6, 6.07) is 31.6. The third-order valence-corrected chi connectivity index (χ3v) is 9.71. The zero-order valence-electron chi connectivity index (χ0n) is 17.1. The Morgan fingerprint density at radius 2 is 1.23 bits per heavy atom. The van der Waals surface area contributed by atoms with Gasteiger partial charge < -0.3 is 9.15 Å². The second kappa shape index (κ2) is 8.69. The number of benzene rings is 3. The van der Waals surface area contributed by atoms with Crippen LogP contribution < -0.4 is 15.9 Å². The molecule has 0 bridgehead atoms. The van der Waals surface area contributed by atoms with Gasteiger partial charge in [0.25, 0.3) is 0 Å². The Morgan fingerprint density at radius 1 is 0.800 bits per heavy atom. The van der Waals surface area contributed by atoms with Gasteiger partial charge in [0.15, 0.2) is 5.76 Å². The molecule has 4 rings (SSSR count). The lowest BCUT2D eigenvalue weighted by molar-refractivity contribution is 0.0598. The van der Waals surface area contributed by atoms with E-state index in [-0.39, 0.29) is 5.97 Å².